The van der Waals surface area contributed by atoms with E-state index in [1.165, 1.54) is 23.1 Å². The monoisotopic (exact) mass is 351 g/mol. The Morgan fingerprint density at radius 3 is 2.54 bits per heavy atom. The van der Waals surface area contributed by atoms with Crippen molar-refractivity contribution in [2.24, 2.45) is 0 Å². The van der Waals surface area contributed by atoms with Gasteiger partial charge < -0.3 is 5.32 Å². The number of amides is 1. The van der Waals surface area contributed by atoms with E-state index in [2.05, 4.69) is 20.8 Å². The van der Waals surface area contributed by atoms with Crippen LogP contribution >= 0.6 is 0 Å². The van der Waals surface area contributed by atoms with Gasteiger partial charge in [-0.25, -0.2) is 9.07 Å². The number of carbonyl (C=O) groups is 1. The van der Waals surface area contributed by atoms with E-state index in [0.29, 0.717) is 5.69 Å². The molecule has 7 heteroatoms. The van der Waals surface area contributed by atoms with E-state index in [1.54, 1.807) is 6.07 Å². The second-order valence-corrected chi connectivity index (χ2v) is 6.55. The number of aromatic nitrogens is 4. The largest absolute Gasteiger partial charge is 0.325 e. The molecule has 0 spiro atoms. The molecule has 1 N–H and O–H groups in total. The van der Waals surface area contributed by atoms with Gasteiger partial charge in [-0.05, 0) is 65.2 Å². The lowest BCUT2D eigenvalue weighted by atomic mass is 9.78. The average Bonchev–Trinajstić information content (AvgIpc) is 3.35. The SMILES string of the molecule is O=C(Nc1ccc(-n2cnnn2)cc1)C1(c2cccc(F)c2)CCCC1. The maximum Gasteiger partial charge on any atom is 0.235 e. The van der Waals surface area contributed by atoms with Crippen LogP contribution in [-0.4, -0.2) is 26.1 Å². The number of nitrogens with one attached hydrogen (secondary N) is 1. The summed E-state index contributed by atoms with van der Waals surface area (Å²) in [6, 6.07) is 13.7. The highest BCUT2D eigenvalue weighted by Gasteiger charge is 2.42. The van der Waals surface area contributed by atoms with Gasteiger partial charge in [0, 0.05) is 5.69 Å². The van der Waals surface area contributed by atoms with E-state index in [0.717, 1.165) is 36.9 Å². The first-order valence-electron chi connectivity index (χ1n) is 8.58. The molecule has 0 radical (unpaired) electrons. The molecule has 0 saturated heterocycles. The van der Waals surface area contributed by atoms with Crippen molar-refractivity contribution in [1.29, 1.82) is 0 Å². The van der Waals surface area contributed by atoms with Crippen LogP contribution in [0.25, 0.3) is 5.69 Å². The molecule has 1 aliphatic rings. The molecule has 6 nitrogen and oxygen atoms in total. The molecule has 1 aromatic heterocycles. The van der Waals surface area contributed by atoms with Crippen LogP contribution in [0.1, 0.15) is 31.2 Å². The Bertz CT molecular complexity index is 902. The summed E-state index contributed by atoms with van der Waals surface area (Å²) in [7, 11) is 0. The van der Waals surface area contributed by atoms with E-state index in [9.17, 15) is 9.18 Å². The number of benzene rings is 2. The molecule has 0 atom stereocenters. The normalized spacial score (nSPS) is 15.7. The summed E-state index contributed by atoms with van der Waals surface area (Å²) in [5, 5.41) is 14.0. The zero-order valence-corrected chi connectivity index (χ0v) is 14.1. The molecular weight excluding hydrogens is 333 g/mol. The van der Waals surface area contributed by atoms with Gasteiger partial charge in [0.05, 0.1) is 11.1 Å². The minimum Gasteiger partial charge on any atom is -0.325 e. The van der Waals surface area contributed by atoms with Crippen LogP contribution in [0, 0.1) is 5.82 Å². The molecular formula is C19H18FN5O. The first-order valence-corrected chi connectivity index (χ1v) is 8.58. The van der Waals surface area contributed by atoms with Crippen molar-refractivity contribution in [3.8, 4) is 5.69 Å². The standard InChI is InChI=1S/C19H18FN5O/c20-15-5-3-4-14(12-15)19(10-1-2-11-19)18(26)22-16-6-8-17(9-7-16)25-13-21-23-24-25/h3-9,12-13H,1-2,10-11H2,(H,22,26). The maximum atomic E-state index is 13.7. The molecule has 0 bridgehead atoms. The molecule has 0 aliphatic heterocycles. The average molecular weight is 351 g/mol. The fraction of sp³-hybridized carbons (Fsp3) is 0.263. The number of hydrogen-bond acceptors (Lipinski definition) is 4. The predicted molar refractivity (Wildman–Crippen MR) is 94.3 cm³/mol. The molecule has 2 aromatic carbocycles. The van der Waals surface area contributed by atoms with Gasteiger partial charge in [0.15, 0.2) is 0 Å². The van der Waals surface area contributed by atoms with Crippen LogP contribution in [0.2, 0.25) is 0 Å². The second kappa shape index (κ2) is 6.67. The predicted octanol–water partition coefficient (Wildman–Crippen LogP) is 3.25. The summed E-state index contributed by atoms with van der Waals surface area (Å²) in [5.74, 6) is -0.400. The highest BCUT2D eigenvalue weighted by Crippen LogP contribution is 2.42. The number of hydrogen-bond donors (Lipinski definition) is 1. The first kappa shape index (κ1) is 16.4. The molecule has 1 amide bonds. The van der Waals surface area contributed by atoms with E-state index in [-0.39, 0.29) is 11.7 Å². The van der Waals surface area contributed by atoms with Crippen LogP contribution in [0.4, 0.5) is 10.1 Å². The van der Waals surface area contributed by atoms with Gasteiger partial charge >= 0.3 is 0 Å². The van der Waals surface area contributed by atoms with Crippen molar-refractivity contribution in [3.63, 3.8) is 0 Å². The third-order valence-corrected chi connectivity index (χ3v) is 5.01. The summed E-state index contributed by atoms with van der Waals surface area (Å²) in [6.07, 6.45) is 4.88. The van der Waals surface area contributed by atoms with Gasteiger partial charge in [0.2, 0.25) is 5.91 Å². The van der Waals surface area contributed by atoms with E-state index < -0.39 is 5.41 Å². The third kappa shape index (κ3) is 2.96. The fourth-order valence-electron chi connectivity index (χ4n) is 3.64. The van der Waals surface area contributed by atoms with Crippen LogP contribution in [0.15, 0.2) is 54.9 Å². The molecule has 0 unspecified atom stereocenters. The zero-order chi connectivity index (χ0) is 18.0. The van der Waals surface area contributed by atoms with Gasteiger partial charge in [-0.1, -0.05) is 25.0 Å². The zero-order valence-electron chi connectivity index (χ0n) is 14.1. The van der Waals surface area contributed by atoms with Crippen molar-refractivity contribution in [2.45, 2.75) is 31.1 Å². The van der Waals surface area contributed by atoms with Crippen molar-refractivity contribution in [2.75, 3.05) is 5.32 Å². The maximum absolute atomic E-state index is 13.7. The molecule has 3 aromatic rings. The summed E-state index contributed by atoms with van der Waals surface area (Å²) in [5.41, 5.74) is 1.57. The Morgan fingerprint density at radius 1 is 1.12 bits per heavy atom. The number of tetrazole rings is 1. The van der Waals surface area contributed by atoms with E-state index in [1.807, 2.05) is 30.3 Å². The highest BCUT2D eigenvalue weighted by atomic mass is 19.1. The Labute approximate surface area is 150 Å². The smallest absolute Gasteiger partial charge is 0.235 e. The summed E-state index contributed by atoms with van der Waals surface area (Å²) in [6.45, 7) is 0. The Morgan fingerprint density at radius 2 is 1.88 bits per heavy atom. The number of anilines is 1. The Kier molecular flexibility index (Phi) is 4.20. The van der Waals surface area contributed by atoms with Gasteiger partial charge in [-0.2, -0.15) is 0 Å². The lowest BCUT2D eigenvalue weighted by Crippen LogP contribution is -2.38. The highest BCUT2D eigenvalue weighted by molar-refractivity contribution is 5.99. The van der Waals surface area contributed by atoms with Crippen molar-refractivity contribution in [1.82, 2.24) is 20.2 Å². The van der Waals surface area contributed by atoms with Crippen LogP contribution in [0.5, 0.6) is 0 Å². The molecule has 26 heavy (non-hydrogen) atoms. The summed E-state index contributed by atoms with van der Waals surface area (Å²) in [4.78, 5) is 13.1. The fourth-order valence-corrected chi connectivity index (χ4v) is 3.64. The lowest BCUT2D eigenvalue weighted by Gasteiger charge is -2.28. The minimum atomic E-state index is -0.670. The van der Waals surface area contributed by atoms with Crippen molar-refractivity contribution >= 4 is 11.6 Å². The topological polar surface area (TPSA) is 72.7 Å². The molecule has 1 aliphatic carbocycles. The quantitative estimate of drug-likeness (QED) is 0.783. The molecule has 1 heterocycles. The molecule has 4 rings (SSSR count). The Balaban J connectivity index is 1.57. The third-order valence-electron chi connectivity index (χ3n) is 5.01. The molecule has 132 valence electrons. The molecule has 1 saturated carbocycles. The number of rotatable bonds is 4. The van der Waals surface area contributed by atoms with Crippen LogP contribution in [0.3, 0.4) is 0 Å². The van der Waals surface area contributed by atoms with Crippen molar-refractivity contribution in [3.05, 3.63) is 66.2 Å². The Hall–Kier alpha value is -3.09. The summed E-state index contributed by atoms with van der Waals surface area (Å²) < 4.78 is 15.2. The first-order chi connectivity index (χ1) is 12.7. The summed E-state index contributed by atoms with van der Waals surface area (Å²) >= 11 is 0. The second-order valence-electron chi connectivity index (χ2n) is 6.55. The molecule has 1 fully saturated rings. The van der Waals surface area contributed by atoms with E-state index >= 15 is 0 Å². The van der Waals surface area contributed by atoms with Gasteiger partial charge in [-0.3, -0.25) is 4.79 Å². The van der Waals surface area contributed by atoms with Gasteiger partial charge in [0.25, 0.3) is 0 Å². The van der Waals surface area contributed by atoms with Crippen LogP contribution < -0.4 is 5.32 Å². The van der Waals surface area contributed by atoms with Gasteiger partial charge in [-0.15, -0.1) is 5.10 Å². The number of carbonyl (C=O) groups excluding carboxylic acids is 1. The van der Waals surface area contributed by atoms with Crippen LogP contribution in [-0.2, 0) is 10.2 Å². The minimum absolute atomic E-state index is 0.0872. The van der Waals surface area contributed by atoms with Gasteiger partial charge in [0.1, 0.15) is 12.1 Å². The lowest BCUT2D eigenvalue weighted by molar-refractivity contribution is -0.121. The number of nitrogens with zero attached hydrogens (tertiary/aromatic N) is 4. The number of halogens is 1. The van der Waals surface area contributed by atoms with E-state index in [4.69, 9.17) is 0 Å². The van der Waals surface area contributed by atoms with Crippen molar-refractivity contribution < 1.29 is 9.18 Å².